The second-order valence-corrected chi connectivity index (χ2v) is 6.36. The molecular weight excluding hydrogens is 208 g/mol. The van der Waals surface area contributed by atoms with E-state index in [2.05, 4.69) is 0 Å². The highest BCUT2D eigenvalue weighted by molar-refractivity contribution is 8.72. The molecule has 0 fully saturated rings. The topological polar surface area (TPSA) is 54.4 Å². The van der Waals surface area contributed by atoms with Crippen molar-refractivity contribution in [3.63, 3.8) is 0 Å². The van der Waals surface area contributed by atoms with Crippen LogP contribution in [0.15, 0.2) is 35.2 Å². The molecule has 1 aromatic carbocycles. The van der Waals surface area contributed by atoms with Gasteiger partial charge in [0.15, 0.2) is 0 Å². The zero-order valence-corrected chi connectivity index (χ0v) is 8.51. The summed E-state index contributed by atoms with van der Waals surface area (Å²) >= 11 is 0. The van der Waals surface area contributed by atoms with Gasteiger partial charge in [0, 0.05) is 5.75 Å². The summed E-state index contributed by atoms with van der Waals surface area (Å²) in [5, 5.41) is 8.49. The summed E-state index contributed by atoms with van der Waals surface area (Å²) in [5.41, 5.74) is 0. The minimum absolute atomic E-state index is 0.128. The van der Waals surface area contributed by atoms with Crippen LogP contribution in [0.3, 0.4) is 0 Å². The van der Waals surface area contributed by atoms with Crippen molar-refractivity contribution >= 4 is 19.7 Å². The normalized spacial score (nSPS) is 11.5. The number of aliphatic hydroxyl groups excluding tert-OH is 1. The number of hydrogen-bond acceptors (Lipinski definition) is 4. The molecule has 0 aromatic heterocycles. The van der Waals surface area contributed by atoms with Crippen LogP contribution in [0.1, 0.15) is 0 Å². The Kier molecular flexibility index (Phi) is 3.77. The summed E-state index contributed by atoms with van der Waals surface area (Å²) in [6, 6.07) is 8.19. The summed E-state index contributed by atoms with van der Waals surface area (Å²) < 4.78 is 22.9. The van der Waals surface area contributed by atoms with Crippen LogP contribution in [0, 0.1) is 0 Å². The molecule has 0 spiro atoms. The van der Waals surface area contributed by atoms with E-state index in [0.717, 1.165) is 10.8 Å². The Balaban J connectivity index is 2.83. The van der Waals surface area contributed by atoms with Gasteiger partial charge in [0.25, 0.3) is 0 Å². The van der Waals surface area contributed by atoms with Crippen molar-refractivity contribution in [3.05, 3.63) is 30.3 Å². The fraction of sp³-hybridized carbons (Fsp3) is 0.250. The predicted molar refractivity (Wildman–Crippen MR) is 53.2 cm³/mol. The van der Waals surface area contributed by atoms with Gasteiger partial charge in [0.2, 0.25) is 8.87 Å². The molecule has 0 aliphatic heterocycles. The van der Waals surface area contributed by atoms with E-state index >= 15 is 0 Å². The highest BCUT2D eigenvalue weighted by atomic mass is 33.1. The van der Waals surface area contributed by atoms with Crippen LogP contribution >= 0.6 is 10.8 Å². The fourth-order valence-corrected chi connectivity index (χ4v) is 3.35. The number of hydrogen-bond donors (Lipinski definition) is 1. The largest absolute Gasteiger partial charge is 0.395 e. The maximum Gasteiger partial charge on any atom is 0.230 e. The zero-order valence-electron chi connectivity index (χ0n) is 6.88. The first-order chi connectivity index (χ1) is 6.17. The van der Waals surface area contributed by atoms with E-state index in [4.69, 9.17) is 5.11 Å². The molecule has 0 aliphatic carbocycles. The molecule has 0 bridgehead atoms. The summed E-state index contributed by atoms with van der Waals surface area (Å²) in [7, 11) is -2.51. The number of benzene rings is 1. The van der Waals surface area contributed by atoms with Crippen LogP contribution in [0.5, 0.6) is 0 Å². The molecule has 0 unspecified atom stereocenters. The summed E-state index contributed by atoms with van der Waals surface area (Å²) in [4.78, 5) is 0.286. The molecule has 1 aromatic rings. The third-order valence-corrected chi connectivity index (χ3v) is 4.88. The Bertz CT molecular complexity index is 345. The van der Waals surface area contributed by atoms with Crippen molar-refractivity contribution in [2.24, 2.45) is 0 Å². The molecule has 0 saturated carbocycles. The van der Waals surface area contributed by atoms with Crippen molar-refractivity contribution < 1.29 is 13.5 Å². The van der Waals surface area contributed by atoms with Gasteiger partial charge in [0.05, 0.1) is 11.5 Å². The molecule has 0 radical (unpaired) electrons. The number of aliphatic hydroxyl groups is 1. The van der Waals surface area contributed by atoms with Gasteiger partial charge in [-0.05, 0) is 22.9 Å². The first kappa shape index (κ1) is 10.6. The molecule has 72 valence electrons. The predicted octanol–water partition coefficient (Wildman–Crippen LogP) is 1.10. The van der Waals surface area contributed by atoms with Gasteiger partial charge in [0.1, 0.15) is 0 Å². The average molecular weight is 218 g/mol. The second kappa shape index (κ2) is 4.64. The molecule has 0 amide bonds. The molecule has 5 heteroatoms. The van der Waals surface area contributed by atoms with Crippen molar-refractivity contribution in [1.29, 1.82) is 0 Å². The molecule has 0 saturated heterocycles. The fourth-order valence-electron chi connectivity index (χ4n) is 0.802. The Morgan fingerprint density at radius 3 is 2.38 bits per heavy atom. The minimum Gasteiger partial charge on any atom is -0.395 e. The summed E-state index contributed by atoms with van der Waals surface area (Å²) in [5.74, 6) is 0.206. The van der Waals surface area contributed by atoms with Gasteiger partial charge in [-0.1, -0.05) is 18.2 Å². The lowest BCUT2D eigenvalue weighted by molar-refractivity contribution is 0.323. The van der Waals surface area contributed by atoms with E-state index in [1.165, 1.54) is 0 Å². The minimum atomic E-state index is -3.27. The third kappa shape index (κ3) is 3.02. The van der Waals surface area contributed by atoms with Crippen LogP contribution in [0.2, 0.25) is 0 Å². The lowest BCUT2D eigenvalue weighted by atomic mass is 10.4. The van der Waals surface area contributed by atoms with E-state index in [1.807, 2.05) is 0 Å². The quantitative estimate of drug-likeness (QED) is 0.769. The van der Waals surface area contributed by atoms with E-state index in [0.29, 0.717) is 0 Å². The monoisotopic (exact) mass is 218 g/mol. The second-order valence-electron chi connectivity index (χ2n) is 2.31. The summed E-state index contributed by atoms with van der Waals surface area (Å²) in [6.07, 6.45) is 0. The molecule has 1 rings (SSSR count). The van der Waals surface area contributed by atoms with Crippen LogP contribution in [0.25, 0.3) is 0 Å². The smallest absolute Gasteiger partial charge is 0.230 e. The number of rotatable bonds is 4. The van der Waals surface area contributed by atoms with Gasteiger partial charge in [-0.15, -0.1) is 0 Å². The lowest BCUT2D eigenvalue weighted by Gasteiger charge is -2.00. The van der Waals surface area contributed by atoms with Crippen molar-refractivity contribution in [1.82, 2.24) is 0 Å². The Labute approximate surface area is 81.1 Å². The zero-order chi connectivity index (χ0) is 9.73. The average Bonchev–Trinajstić information content (AvgIpc) is 2.16. The SMILES string of the molecule is O=S(=O)(SCCO)c1ccccc1. The van der Waals surface area contributed by atoms with Crippen molar-refractivity contribution in [2.45, 2.75) is 4.90 Å². The standard InChI is InChI=1S/C8H10O3S2/c9-6-7-12-13(10,11)8-4-2-1-3-5-8/h1-5,9H,6-7H2. The van der Waals surface area contributed by atoms with Crippen LogP contribution < -0.4 is 0 Å². The Morgan fingerprint density at radius 1 is 1.23 bits per heavy atom. The van der Waals surface area contributed by atoms with E-state index < -0.39 is 8.87 Å². The van der Waals surface area contributed by atoms with Crippen LogP contribution in [0.4, 0.5) is 0 Å². The van der Waals surface area contributed by atoms with Crippen LogP contribution in [-0.4, -0.2) is 25.9 Å². The molecular formula is C8H10O3S2. The first-order valence-corrected chi connectivity index (χ1v) is 6.71. The lowest BCUT2D eigenvalue weighted by Crippen LogP contribution is -1.98. The third-order valence-electron chi connectivity index (χ3n) is 1.36. The van der Waals surface area contributed by atoms with Gasteiger partial charge in [-0.3, -0.25) is 0 Å². The van der Waals surface area contributed by atoms with Gasteiger partial charge in [-0.2, -0.15) is 0 Å². The summed E-state index contributed by atoms with van der Waals surface area (Å²) in [6.45, 7) is -0.128. The van der Waals surface area contributed by atoms with Gasteiger partial charge in [-0.25, -0.2) is 8.42 Å². The van der Waals surface area contributed by atoms with Gasteiger partial charge < -0.3 is 5.11 Å². The maximum atomic E-state index is 11.4. The molecule has 0 heterocycles. The van der Waals surface area contributed by atoms with Gasteiger partial charge >= 0.3 is 0 Å². The molecule has 0 atom stereocenters. The van der Waals surface area contributed by atoms with Crippen molar-refractivity contribution in [3.8, 4) is 0 Å². The van der Waals surface area contributed by atoms with E-state index in [9.17, 15) is 8.42 Å². The van der Waals surface area contributed by atoms with E-state index in [-0.39, 0.29) is 17.3 Å². The van der Waals surface area contributed by atoms with Crippen LogP contribution in [-0.2, 0) is 8.87 Å². The first-order valence-electron chi connectivity index (χ1n) is 3.72. The molecule has 3 nitrogen and oxygen atoms in total. The van der Waals surface area contributed by atoms with E-state index in [1.54, 1.807) is 30.3 Å². The molecule has 0 aliphatic rings. The highest BCUT2D eigenvalue weighted by Crippen LogP contribution is 2.21. The van der Waals surface area contributed by atoms with Crippen molar-refractivity contribution in [2.75, 3.05) is 12.4 Å². The highest BCUT2D eigenvalue weighted by Gasteiger charge is 2.13. The Hall–Kier alpha value is -0.520. The Morgan fingerprint density at radius 2 is 1.85 bits per heavy atom. The maximum absolute atomic E-state index is 11.4. The molecule has 13 heavy (non-hydrogen) atoms. The molecule has 1 N–H and O–H groups in total.